The largest absolute Gasteiger partial charge is 0.327 e. The van der Waals surface area contributed by atoms with E-state index < -0.39 is 11.2 Å². The van der Waals surface area contributed by atoms with Gasteiger partial charge in [-0.2, -0.15) is 0 Å². The fourth-order valence-electron chi connectivity index (χ4n) is 1.73. The predicted octanol–water partition coefficient (Wildman–Crippen LogP) is -0.398. The predicted molar refractivity (Wildman–Crippen MR) is 58.3 cm³/mol. The molecule has 1 aromatic rings. The zero-order valence-electron chi connectivity index (χ0n) is 8.53. The molecule has 1 aromatic heterocycles. The fourth-order valence-corrected chi connectivity index (χ4v) is 1.73. The summed E-state index contributed by atoms with van der Waals surface area (Å²) in [6.07, 6.45) is 2.06. The molecule has 1 aliphatic rings. The van der Waals surface area contributed by atoms with Crippen molar-refractivity contribution in [1.82, 2.24) is 9.97 Å². The number of nitrogens with zero attached hydrogens (tertiary/aromatic N) is 1. The first-order valence-corrected chi connectivity index (χ1v) is 4.86. The molecule has 0 radical (unpaired) electrons. The van der Waals surface area contributed by atoms with E-state index in [0.717, 1.165) is 0 Å². The van der Waals surface area contributed by atoms with Crippen LogP contribution >= 0.6 is 0 Å². The number of nitrogens with one attached hydrogen (secondary N) is 2. The molecule has 2 heterocycles. The summed E-state index contributed by atoms with van der Waals surface area (Å²) >= 11 is 0. The molecule has 6 nitrogen and oxygen atoms in total. The van der Waals surface area contributed by atoms with Gasteiger partial charge in [0.15, 0.2) is 0 Å². The maximum Gasteiger partial charge on any atom is 0.327 e. The molecule has 0 spiro atoms. The molecule has 1 saturated heterocycles. The van der Waals surface area contributed by atoms with Gasteiger partial charge in [-0.3, -0.25) is 24.5 Å². The molecule has 0 aromatic carbocycles. The van der Waals surface area contributed by atoms with Crippen molar-refractivity contribution >= 4 is 11.7 Å². The first kappa shape index (κ1) is 10.4. The quantitative estimate of drug-likeness (QED) is 0.666. The number of rotatable bonds is 2. The van der Waals surface area contributed by atoms with Gasteiger partial charge in [0.05, 0.1) is 0 Å². The Labute approximate surface area is 90.6 Å². The van der Waals surface area contributed by atoms with Gasteiger partial charge in [-0.25, -0.2) is 4.79 Å². The molecule has 2 rings (SSSR count). The zero-order valence-corrected chi connectivity index (χ0v) is 8.53. The third-order valence-corrected chi connectivity index (χ3v) is 2.53. The van der Waals surface area contributed by atoms with Crippen molar-refractivity contribution < 1.29 is 4.79 Å². The van der Waals surface area contributed by atoms with Crippen LogP contribution in [0.1, 0.15) is 6.42 Å². The number of hydrogen-bond acceptors (Lipinski definition) is 3. The van der Waals surface area contributed by atoms with Crippen LogP contribution in [0, 0.1) is 5.92 Å². The molecule has 6 heteroatoms. The summed E-state index contributed by atoms with van der Waals surface area (Å²) in [7, 11) is 0. The maximum absolute atomic E-state index is 11.6. The van der Waals surface area contributed by atoms with Crippen LogP contribution in [-0.2, 0) is 4.79 Å². The maximum atomic E-state index is 11.6. The first-order chi connectivity index (χ1) is 7.60. The molecular formula is C10H11N3O3. The van der Waals surface area contributed by atoms with E-state index in [0.29, 0.717) is 13.0 Å². The van der Waals surface area contributed by atoms with E-state index in [4.69, 9.17) is 0 Å². The van der Waals surface area contributed by atoms with E-state index in [1.54, 1.807) is 6.08 Å². The Balaban J connectivity index is 2.38. The number of hydrogen-bond donors (Lipinski definition) is 2. The molecule has 0 bridgehead atoms. The fraction of sp³-hybridized carbons (Fsp3) is 0.300. The van der Waals surface area contributed by atoms with Crippen LogP contribution in [0.5, 0.6) is 0 Å². The van der Waals surface area contributed by atoms with Gasteiger partial charge in [-0.1, -0.05) is 6.08 Å². The van der Waals surface area contributed by atoms with Crippen LogP contribution in [0.4, 0.5) is 5.82 Å². The van der Waals surface area contributed by atoms with Gasteiger partial charge >= 0.3 is 5.69 Å². The molecule has 1 atom stereocenters. The van der Waals surface area contributed by atoms with Crippen LogP contribution in [0.3, 0.4) is 0 Å². The lowest BCUT2D eigenvalue weighted by Crippen LogP contribution is -2.31. The van der Waals surface area contributed by atoms with Crippen molar-refractivity contribution in [2.24, 2.45) is 5.92 Å². The highest BCUT2D eigenvalue weighted by Gasteiger charge is 2.29. The van der Waals surface area contributed by atoms with Gasteiger partial charge in [0.1, 0.15) is 5.82 Å². The van der Waals surface area contributed by atoms with Gasteiger partial charge in [-0.05, 0) is 0 Å². The molecule has 0 saturated carbocycles. The Morgan fingerprint density at radius 1 is 1.38 bits per heavy atom. The second-order valence-electron chi connectivity index (χ2n) is 3.68. The summed E-state index contributed by atoms with van der Waals surface area (Å²) < 4.78 is 0. The standard InChI is InChI=1S/C10H11N3O3/c1-2-6-3-9(15)13(5-6)7-4-8(14)12-10(16)11-7/h2,4,6H,1,3,5H2,(H2,11,12,14,16). The van der Waals surface area contributed by atoms with E-state index in [1.165, 1.54) is 11.0 Å². The minimum absolute atomic E-state index is 0.0651. The van der Waals surface area contributed by atoms with Gasteiger partial charge in [0.25, 0.3) is 5.56 Å². The minimum Gasteiger partial charge on any atom is -0.297 e. The SMILES string of the molecule is C=CC1CC(=O)N(c2cc(=O)[nH]c(=O)[nH]2)C1. The van der Waals surface area contributed by atoms with E-state index in [9.17, 15) is 14.4 Å². The summed E-state index contributed by atoms with van der Waals surface area (Å²) in [5, 5.41) is 0. The van der Waals surface area contributed by atoms with Crippen molar-refractivity contribution in [1.29, 1.82) is 0 Å². The van der Waals surface area contributed by atoms with Crippen LogP contribution in [0.2, 0.25) is 0 Å². The second kappa shape index (κ2) is 3.80. The summed E-state index contributed by atoms with van der Waals surface area (Å²) in [5.41, 5.74) is -1.13. The second-order valence-corrected chi connectivity index (χ2v) is 3.68. The van der Waals surface area contributed by atoms with Gasteiger partial charge in [0, 0.05) is 24.9 Å². The average Bonchev–Trinajstić information content (AvgIpc) is 2.58. The number of carbonyl (C=O) groups excluding carboxylic acids is 1. The lowest BCUT2D eigenvalue weighted by atomic mass is 10.1. The van der Waals surface area contributed by atoms with E-state index in [1.807, 2.05) is 4.98 Å². The molecule has 1 fully saturated rings. The molecule has 2 N–H and O–H groups in total. The highest BCUT2D eigenvalue weighted by atomic mass is 16.2. The summed E-state index contributed by atoms with van der Waals surface area (Å²) in [5.74, 6) is 0.185. The smallest absolute Gasteiger partial charge is 0.297 e. The lowest BCUT2D eigenvalue weighted by Gasteiger charge is -2.14. The number of anilines is 1. The van der Waals surface area contributed by atoms with Crippen LogP contribution in [0.15, 0.2) is 28.3 Å². The summed E-state index contributed by atoms with van der Waals surface area (Å²) in [6, 6.07) is 1.20. The summed E-state index contributed by atoms with van der Waals surface area (Å²) in [4.78, 5) is 39.6. The zero-order chi connectivity index (χ0) is 11.7. The number of amides is 1. The van der Waals surface area contributed by atoms with Gasteiger partial charge < -0.3 is 0 Å². The number of H-pyrrole nitrogens is 2. The molecule has 1 aliphatic heterocycles. The van der Waals surface area contributed by atoms with Crippen molar-refractivity contribution in [3.63, 3.8) is 0 Å². The van der Waals surface area contributed by atoms with Gasteiger partial charge in [0.2, 0.25) is 5.91 Å². The molecular weight excluding hydrogens is 210 g/mol. The lowest BCUT2D eigenvalue weighted by molar-refractivity contribution is -0.117. The Bertz CT molecular complexity index is 514. The monoisotopic (exact) mass is 221 g/mol. The van der Waals surface area contributed by atoms with Crippen molar-refractivity contribution in [2.75, 3.05) is 11.4 Å². The number of carbonyl (C=O) groups is 1. The molecule has 16 heavy (non-hydrogen) atoms. The van der Waals surface area contributed by atoms with Crippen molar-refractivity contribution in [3.05, 3.63) is 39.6 Å². The molecule has 0 aliphatic carbocycles. The Hall–Kier alpha value is -2.11. The minimum atomic E-state index is -0.614. The Morgan fingerprint density at radius 2 is 2.12 bits per heavy atom. The molecule has 84 valence electrons. The third kappa shape index (κ3) is 1.81. The normalized spacial score (nSPS) is 20.1. The average molecular weight is 221 g/mol. The van der Waals surface area contributed by atoms with Crippen molar-refractivity contribution in [3.8, 4) is 0 Å². The van der Waals surface area contributed by atoms with E-state index in [-0.39, 0.29) is 17.6 Å². The van der Waals surface area contributed by atoms with E-state index in [2.05, 4.69) is 11.6 Å². The van der Waals surface area contributed by atoms with E-state index >= 15 is 0 Å². The highest BCUT2D eigenvalue weighted by molar-refractivity contribution is 5.94. The number of aromatic amines is 2. The highest BCUT2D eigenvalue weighted by Crippen LogP contribution is 2.22. The summed E-state index contributed by atoms with van der Waals surface area (Å²) in [6.45, 7) is 4.07. The van der Waals surface area contributed by atoms with Gasteiger partial charge in [-0.15, -0.1) is 6.58 Å². The molecule has 1 amide bonds. The van der Waals surface area contributed by atoms with Crippen LogP contribution in [0.25, 0.3) is 0 Å². The Kier molecular flexibility index (Phi) is 2.47. The topological polar surface area (TPSA) is 86.0 Å². The van der Waals surface area contributed by atoms with Crippen molar-refractivity contribution in [2.45, 2.75) is 6.42 Å². The first-order valence-electron chi connectivity index (χ1n) is 4.86. The number of aromatic nitrogens is 2. The Morgan fingerprint density at radius 3 is 2.69 bits per heavy atom. The molecule has 1 unspecified atom stereocenters. The third-order valence-electron chi connectivity index (χ3n) is 2.53. The van der Waals surface area contributed by atoms with Crippen LogP contribution in [-0.4, -0.2) is 22.4 Å². The van der Waals surface area contributed by atoms with Crippen LogP contribution < -0.4 is 16.1 Å².